The zero-order valence-corrected chi connectivity index (χ0v) is 87.5. The van der Waals surface area contributed by atoms with Crippen LogP contribution >= 0.6 is 35.3 Å². The summed E-state index contributed by atoms with van der Waals surface area (Å²) >= 11 is 2.86. The van der Waals surface area contributed by atoms with E-state index in [4.69, 9.17) is 67.2 Å². The minimum Gasteiger partial charge on any atom is -0.480 e. The normalized spacial score (nSPS) is 22.2. The van der Waals surface area contributed by atoms with Crippen molar-refractivity contribution in [1.29, 1.82) is 27.0 Å². The highest BCUT2D eigenvalue weighted by molar-refractivity contribution is 7.99. The van der Waals surface area contributed by atoms with Crippen LogP contribution in [0, 0.1) is 38.9 Å². The van der Waals surface area contributed by atoms with Crippen molar-refractivity contribution >= 4 is 182 Å². The maximum atomic E-state index is 15.5. The van der Waals surface area contributed by atoms with Crippen molar-refractivity contribution in [2.45, 2.75) is 254 Å². The summed E-state index contributed by atoms with van der Waals surface area (Å²) in [5.41, 5.74) is 42.0. The maximum absolute atomic E-state index is 15.5. The van der Waals surface area contributed by atoms with Crippen molar-refractivity contribution < 1.29 is 91.4 Å². The molecule has 1 aromatic heterocycles. The number of rotatable bonds is 39. The van der Waals surface area contributed by atoms with Crippen LogP contribution in [0.3, 0.4) is 0 Å². The Morgan fingerprint density at radius 1 is 0.460 bits per heavy atom. The fourth-order valence-corrected chi connectivity index (χ4v) is 19.6. The van der Waals surface area contributed by atoms with Crippen molar-refractivity contribution in [1.82, 2.24) is 115 Å². The highest BCUT2D eigenvalue weighted by Gasteiger charge is 2.44. The summed E-state index contributed by atoms with van der Waals surface area (Å²) in [5, 5.41) is 95.9. The lowest BCUT2D eigenvalue weighted by molar-refractivity contribution is -0.158. The lowest BCUT2D eigenvalue weighted by Crippen LogP contribution is -2.61. The molecule has 17 amide bonds. The van der Waals surface area contributed by atoms with Crippen LogP contribution in [0.25, 0.3) is 10.9 Å². The number of benzene rings is 2. The maximum Gasteiger partial charge on any atom is 0.326 e. The Bertz CT molecular complexity index is 5180. The highest BCUT2D eigenvalue weighted by Crippen LogP contribution is 2.26. The summed E-state index contributed by atoms with van der Waals surface area (Å²) in [5.74, 6) is -21.4. The lowest BCUT2D eigenvalue weighted by Gasteiger charge is -2.42. The molecular formula is C94H150N34O19S3. The number of fused-ring (bicyclic) bond motifs is 9. The number of nitrogens with two attached hydrogens (primary N) is 7. The van der Waals surface area contributed by atoms with Gasteiger partial charge in [0.05, 0.1) is 26.0 Å². The first-order valence-electron chi connectivity index (χ1n) is 50.1. The number of hydrogen-bond acceptors (Lipinski definition) is 27. The zero-order valence-electron chi connectivity index (χ0n) is 85.0. The zero-order chi connectivity index (χ0) is 110. The number of primary amides is 1. The molecule has 0 saturated carbocycles. The second kappa shape index (κ2) is 63.6. The second-order valence-electron chi connectivity index (χ2n) is 37.8. The van der Waals surface area contributed by atoms with Crippen LogP contribution in [0.5, 0.6) is 0 Å². The number of carboxylic acid groups (broad SMARTS) is 1. The van der Waals surface area contributed by atoms with E-state index in [9.17, 15) is 24.3 Å². The van der Waals surface area contributed by atoms with Crippen LogP contribution in [0.1, 0.15) is 167 Å². The van der Waals surface area contributed by atoms with Crippen LogP contribution in [0.4, 0.5) is 0 Å². The van der Waals surface area contributed by atoms with Gasteiger partial charge in [0.25, 0.3) is 0 Å². The van der Waals surface area contributed by atoms with Crippen LogP contribution in [0.2, 0.25) is 0 Å². The van der Waals surface area contributed by atoms with E-state index in [-0.39, 0.29) is 183 Å². The first-order chi connectivity index (χ1) is 71.3. The van der Waals surface area contributed by atoms with E-state index in [1.165, 1.54) is 19.6 Å². The number of aliphatic carboxylic acids is 1. The summed E-state index contributed by atoms with van der Waals surface area (Å²) in [4.78, 5) is 277. The number of carboxylic acids is 1. The smallest absolute Gasteiger partial charge is 0.326 e. The van der Waals surface area contributed by atoms with Gasteiger partial charge < -0.3 is 160 Å². The molecule has 2 aromatic carbocycles. The van der Waals surface area contributed by atoms with Crippen LogP contribution in [-0.4, -0.2) is 344 Å². The van der Waals surface area contributed by atoms with E-state index in [2.05, 4.69) is 95.4 Å². The van der Waals surface area contributed by atoms with Crippen molar-refractivity contribution in [3.8, 4) is 0 Å². The number of hydrogen-bond donors (Lipinski definition) is 31. The van der Waals surface area contributed by atoms with Crippen LogP contribution in [0.15, 0.2) is 60.8 Å². The number of nitrogens with zero attached hydrogens (tertiary/aromatic N) is 4. The summed E-state index contributed by atoms with van der Waals surface area (Å²) in [6.07, 6.45) is -1.73. The van der Waals surface area contributed by atoms with Gasteiger partial charge in [-0.2, -0.15) is 35.3 Å². The number of aromatic nitrogens is 1. The molecule has 150 heavy (non-hydrogen) atoms. The number of thioether (sulfide) groups is 3. The fraction of sp³-hybridized carbons (Fsp3) is 0.606. The van der Waals surface area contributed by atoms with Crippen molar-refractivity contribution in [3.05, 3.63) is 71.9 Å². The number of carbonyl (C=O) groups excluding carboxylic acids is 17. The Kier molecular flexibility index (Phi) is 52.0. The predicted octanol–water partition coefficient (Wildman–Crippen LogP) is -5.99. The summed E-state index contributed by atoms with van der Waals surface area (Å²) in [6.45, 7) is 5.64. The third-order valence-corrected chi connectivity index (χ3v) is 28.0. The molecule has 4 fully saturated rings. The van der Waals surface area contributed by atoms with Gasteiger partial charge in [0.2, 0.25) is 100 Å². The first kappa shape index (κ1) is 123. The molecule has 38 N–H and O–H groups in total. The van der Waals surface area contributed by atoms with Gasteiger partial charge in [0.15, 0.2) is 29.8 Å². The SMILES string of the molecule is CC(C)CC[C@@H]1NC(=O)[C@H](CCCNC(=N)N)NC(=O)[C@H](Cc2ccccc2)NC(=O)[C@@H](NC(=O)[C@@H](N)CCCNC(=N)N)CSCCC(=O)N2CN3CN(C2)C(=O)CCSC[C@H](NC(=O)[C@@H]2CCCN2C1=O)C(=O)N[C@@H](CCCNC(=N)N)C(=O)N[C@@H](CCC(N)=O)C(=O)N[C@@H](CC(C)C)C(=O)N[C@@H](CCCNC(=N)N)C(=O)N[C@H](C(=O)N[C@@H](CCCNC(=N)N)C(=O)N[C@@H](Cc1c[nH]c2ccccc12)C(=O)O)CSCCC3=O. The molecule has 3 aromatic rings. The standard InChI is InChI=1S/C94H150N34O19S3/c1-52(2)26-27-64-88(145)128-38-15-25-71(128)87(144)124-70-48-150-41-32-75(132)127-50-125(73(130)30-39-148-46-68(122-76(133)57(95)19-10-33-107-90(97)98)86(143)120-66(43-54-16-6-5-7-17-54)83(140)114-60(78(135)118-64)22-12-35-109-92(101)102)49-126(51-127)74(131)31-40-149-47-69(84(141)116-61(23-13-36-110-93(103)104)79(136)121-67(89(146)147)44-55-45-112-58-20-9-8-18-56(55)58)123-80(137)62(24-14-37-111-94(105)106)113-82(139)65(42-53(3)4)119-81(138)63(28-29-72(96)129)117-77(134)59(115-85(70)142)21-11-34-108-91(99)100/h5-9,16-18,20,45,52-53,57,59-71,112H,10-15,19,21-44,46-51,95H2,1-4H3,(H2,96,129)(H,113,139)(H,114,140)(H,115,142)(H,116,141)(H,117,134)(H,118,135)(H,119,138)(H,120,143)(H,121,136)(H,122,133)(H,123,137)(H,124,144)(H,146,147)(H4,97,98,107)(H4,99,100,108)(H4,101,102,109)(H4,103,104,110)(H4,105,106,111)/t57-,59-,60-,61-,62-,63-,64-,65-,66-,67-,68-,69-,70-,71-/m0/s1. The van der Waals surface area contributed by atoms with Gasteiger partial charge in [-0.1, -0.05) is 76.2 Å². The van der Waals surface area contributed by atoms with Gasteiger partial charge >= 0.3 is 5.97 Å². The molecule has 7 rings (SSSR count). The number of H-pyrrole nitrogens is 1. The largest absolute Gasteiger partial charge is 0.480 e. The van der Waals surface area contributed by atoms with Gasteiger partial charge in [-0.25, -0.2) is 4.79 Å². The first-order valence-corrected chi connectivity index (χ1v) is 53.6. The molecule has 53 nitrogen and oxygen atoms in total. The number of carbonyl (C=O) groups is 18. The van der Waals surface area contributed by atoms with Crippen molar-refractivity contribution in [2.75, 3.05) is 93.8 Å². The predicted molar refractivity (Wildman–Crippen MR) is 564 cm³/mol. The molecule has 5 heterocycles. The van der Waals surface area contributed by atoms with E-state index in [0.717, 1.165) is 35.3 Å². The quantitative estimate of drug-likeness (QED) is 0.0144. The van der Waals surface area contributed by atoms with Crippen LogP contribution in [-0.2, 0) is 99.1 Å². The molecule has 0 spiro atoms. The summed E-state index contributed by atoms with van der Waals surface area (Å²) < 4.78 is 0. The highest BCUT2D eigenvalue weighted by atomic mass is 32.2. The van der Waals surface area contributed by atoms with Crippen molar-refractivity contribution in [3.63, 3.8) is 0 Å². The molecule has 4 bridgehead atoms. The minimum atomic E-state index is -1.78. The van der Waals surface area contributed by atoms with E-state index in [1.807, 2.05) is 13.8 Å². The number of amides is 17. The Morgan fingerprint density at radius 2 is 0.913 bits per heavy atom. The summed E-state index contributed by atoms with van der Waals surface area (Å²) in [6, 6.07) is -6.59. The van der Waals surface area contributed by atoms with Crippen LogP contribution < -0.4 is 131 Å². The molecule has 828 valence electrons. The molecule has 14 atom stereocenters. The average Bonchev–Trinajstić information content (AvgIpc) is 1.74. The third-order valence-electron chi connectivity index (χ3n) is 24.8. The van der Waals surface area contributed by atoms with E-state index in [0.29, 0.717) is 28.5 Å². The second-order valence-corrected chi connectivity index (χ2v) is 41.3. The molecule has 0 radical (unpaired) electrons. The van der Waals surface area contributed by atoms with Gasteiger partial charge in [-0.05, 0) is 132 Å². The van der Waals surface area contributed by atoms with Gasteiger partial charge in [-0.15, -0.1) is 0 Å². The monoisotopic (exact) mass is 2160 g/mol. The molecular weight excluding hydrogens is 2010 g/mol. The van der Waals surface area contributed by atoms with Gasteiger partial charge in [0.1, 0.15) is 78.5 Å². The summed E-state index contributed by atoms with van der Waals surface area (Å²) in [7, 11) is 0. The number of guanidine groups is 5. The Labute approximate surface area is 882 Å². The lowest BCUT2D eigenvalue weighted by atomic mass is 10.0. The third kappa shape index (κ3) is 43.2. The molecule has 4 saturated heterocycles. The van der Waals surface area contributed by atoms with Gasteiger partial charge in [-0.3, -0.25) is 109 Å². The van der Waals surface area contributed by atoms with E-state index in [1.54, 1.807) is 74.6 Å². The molecule has 56 heteroatoms. The van der Waals surface area contributed by atoms with E-state index >= 15 is 67.1 Å². The van der Waals surface area contributed by atoms with Crippen molar-refractivity contribution in [2.24, 2.45) is 52.0 Å². The topological polar surface area (TPSA) is 862 Å². The molecule has 0 aliphatic carbocycles. The molecule has 4 aliphatic rings. The Balaban J connectivity index is 1.38. The number of aromatic amines is 1. The Morgan fingerprint density at radius 3 is 1.43 bits per heavy atom. The van der Waals surface area contributed by atoms with E-state index < -0.39 is 278 Å². The van der Waals surface area contributed by atoms with Gasteiger partial charge in [0, 0.05) is 129 Å². The Hall–Kier alpha value is -14.2. The molecule has 4 aliphatic heterocycles. The number of nitrogens with one attached hydrogen (secondary N) is 23. The fourth-order valence-electron chi connectivity index (χ4n) is 16.8. The molecule has 0 unspecified atom stereocenters. The minimum absolute atomic E-state index is 0.00729. The number of para-hydroxylation sites is 1. The average molecular weight is 2160 g/mol.